The average Bonchev–Trinajstić information content (AvgIpc) is 3.00. The molecule has 0 N–H and O–H groups in total. The van der Waals surface area contributed by atoms with E-state index < -0.39 is 0 Å². The number of hydrazone groups is 1. The second kappa shape index (κ2) is 6.24. The predicted octanol–water partition coefficient (Wildman–Crippen LogP) is 3.70. The lowest BCUT2D eigenvalue weighted by Gasteiger charge is -2.22. The third kappa shape index (κ3) is 2.84. The number of methoxy groups -OCH3 is 1. The number of rotatable bonds is 3. The second-order valence-electron chi connectivity index (χ2n) is 5.69. The Kier molecular flexibility index (Phi) is 4.15. The molecule has 23 heavy (non-hydrogen) atoms. The summed E-state index contributed by atoms with van der Waals surface area (Å²) in [6.45, 7) is 3.61. The molecule has 118 valence electrons. The largest absolute Gasteiger partial charge is 0.496 e. The zero-order chi connectivity index (χ0) is 16.4. The van der Waals surface area contributed by atoms with Crippen molar-refractivity contribution in [2.24, 2.45) is 5.10 Å². The number of carbonyl (C=O) groups excluding carboxylic acids is 1. The molecular weight excluding hydrogens is 288 g/mol. The Hall–Kier alpha value is -2.62. The maximum atomic E-state index is 12.1. The molecule has 0 unspecified atom stereocenters. The van der Waals surface area contributed by atoms with Crippen LogP contribution >= 0.6 is 0 Å². The first kappa shape index (κ1) is 15.3. The lowest BCUT2D eigenvalue weighted by molar-refractivity contribution is -0.130. The van der Waals surface area contributed by atoms with Gasteiger partial charge in [0.2, 0.25) is 5.91 Å². The lowest BCUT2D eigenvalue weighted by atomic mass is 9.95. The van der Waals surface area contributed by atoms with Crippen LogP contribution in [0.2, 0.25) is 0 Å². The Balaban J connectivity index is 2.01. The zero-order valence-corrected chi connectivity index (χ0v) is 13.6. The van der Waals surface area contributed by atoms with Crippen LogP contribution in [-0.4, -0.2) is 23.7 Å². The Labute approximate surface area is 136 Å². The Morgan fingerprint density at radius 1 is 1.17 bits per heavy atom. The Bertz CT molecular complexity index is 767. The standard InChI is InChI=1S/C19H20N2O2/c1-13-8-4-5-9-15(13)17-12-18(21(20-17)14(2)22)16-10-6-7-11-19(16)23-3/h4-11,18H,12H2,1-3H3/t18-/m1/s1. The molecule has 2 aromatic rings. The highest BCUT2D eigenvalue weighted by atomic mass is 16.5. The highest BCUT2D eigenvalue weighted by molar-refractivity contribution is 6.04. The number of para-hydroxylation sites is 1. The molecular formula is C19H20N2O2. The minimum Gasteiger partial charge on any atom is -0.496 e. The average molecular weight is 308 g/mol. The molecule has 0 bridgehead atoms. The molecule has 0 spiro atoms. The highest BCUT2D eigenvalue weighted by Gasteiger charge is 2.33. The molecule has 1 amide bonds. The van der Waals surface area contributed by atoms with Crippen molar-refractivity contribution >= 4 is 11.6 Å². The zero-order valence-electron chi connectivity index (χ0n) is 13.6. The maximum Gasteiger partial charge on any atom is 0.240 e. The molecule has 0 aromatic heterocycles. The van der Waals surface area contributed by atoms with E-state index in [2.05, 4.69) is 24.2 Å². The topological polar surface area (TPSA) is 41.9 Å². The molecule has 0 saturated carbocycles. The molecule has 0 saturated heterocycles. The van der Waals surface area contributed by atoms with Crippen molar-refractivity contribution in [1.82, 2.24) is 5.01 Å². The molecule has 2 aromatic carbocycles. The fraction of sp³-hybridized carbons (Fsp3) is 0.263. The minimum absolute atomic E-state index is 0.0653. The molecule has 1 heterocycles. The lowest BCUT2D eigenvalue weighted by Crippen LogP contribution is -2.24. The number of benzene rings is 2. The molecule has 1 aliphatic heterocycles. The summed E-state index contributed by atoms with van der Waals surface area (Å²) in [5.74, 6) is 0.717. The summed E-state index contributed by atoms with van der Waals surface area (Å²) in [4.78, 5) is 12.1. The predicted molar refractivity (Wildman–Crippen MR) is 90.6 cm³/mol. The monoisotopic (exact) mass is 308 g/mol. The molecule has 4 heteroatoms. The Morgan fingerprint density at radius 3 is 2.57 bits per heavy atom. The van der Waals surface area contributed by atoms with Crippen molar-refractivity contribution in [3.63, 3.8) is 0 Å². The normalized spacial score (nSPS) is 17.1. The number of hydrogen-bond donors (Lipinski definition) is 0. The number of nitrogens with zero attached hydrogens (tertiary/aromatic N) is 2. The molecule has 0 aliphatic carbocycles. The summed E-state index contributed by atoms with van der Waals surface area (Å²) in [7, 11) is 1.65. The van der Waals surface area contributed by atoms with Gasteiger partial charge < -0.3 is 4.74 Å². The van der Waals surface area contributed by atoms with E-state index in [1.165, 1.54) is 0 Å². The summed E-state index contributed by atoms with van der Waals surface area (Å²) in [5.41, 5.74) is 4.18. The van der Waals surface area contributed by atoms with Crippen molar-refractivity contribution in [2.45, 2.75) is 26.3 Å². The van der Waals surface area contributed by atoms with Crippen molar-refractivity contribution in [2.75, 3.05) is 7.11 Å². The van der Waals surface area contributed by atoms with Crippen molar-refractivity contribution in [1.29, 1.82) is 0 Å². The van der Waals surface area contributed by atoms with Crippen LogP contribution in [0.5, 0.6) is 5.75 Å². The number of ether oxygens (including phenoxy) is 1. The number of hydrogen-bond acceptors (Lipinski definition) is 3. The van der Waals surface area contributed by atoms with Crippen LogP contribution in [0.25, 0.3) is 0 Å². The van der Waals surface area contributed by atoms with Gasteiger partial charge in [-0.05, 0) is 18.6 Å². The van der Waals surface area contributed by atoms with Crippen molar-refractivity contribution in [3.05, 3.63) is 65.2 Å². The van der Waals surface area contributed by atoms with Gasteiger partial charge in [-0.15, -0.1) is 0 Å². The SMILES string of the molecule is COc1ccccc1[C@H]1CC(c2ccccc2C)=NN1C(C)=O. The van der Waals surface area contributed by atoms with E-state index in [1.54, 1.807) is 19.0 Å². The van der Waals surface area contributed by atoms with Gasteiger partial charge in [0.15, 0.2) is 0 Å². The molecule has 0 fully saturated rings. The van der Waals surface area contributed by atoms with Crippen LogP contribution < -0.4 is 4.74 Å². The maximum absolute atomic E-state index is 12.1. The summed E-state index contributed by atoms with van der Waals surface area (Å²) in [6.07, 6.45) is 0.685. The summed E-state index contributed by atoms with van der Waals surface area (Å²) in [5, 5.41) is 6.17. The van der Waals surface area contributed by atoms with Crippen LogP contribution in [0.3, 0.4) is 0 Å². The molecule has 3 rings (SSSR count). The minimum atomic E-state index is -0.127. The fourth-order valence-electron chi connectivity index (χ4n) is 3.04. The fourth-order valence-corrected chi connectivity index (χ4v) is 3.04. The molecule has 1 atom stereocenters. The van der Waals surface area contributed by atoms with Gasteiger partial charge in [0.25, 0.3) is 0 Å². The first-order valence-corrected chi connectivity index (χ1v) is 7.68. The van der Waals surface area contributed by atoms with E-state index in [9.17, 15) is 4.79 Å². The van der Waals surface area contributed by atoms with Crippen LogP contribution in [0, 0.1) is 6.92 Å². The van der Waals surface area contributed by atoms with Crippen LogP contribution in [-0.2, 0) is 4.79 Å². The second-order valence-corrected chi connectivity index (χ2v) is 5.69. The van der Waals surface area contributed by atoms with Gasteiger partial charge >= 0.3 is 0 Å². The van der Waals surface area contributed by atoms with Gasteiger partial charge in [0.1, 0.15) is 5.75 Å². The van der Waals surface area contributed by atoms with E-state index in [4.69, 9.17) is 4.74 Å². The van der Waals surface area contributed by atoms with Crippen LogP contribution in [0.1, 0.15) is 36.1 Å². The van der Waals surface area contributed by atoms with Gasteiger partial charge in [-0.25, -0.2) is 5.01 Å². The summed E-state index contributed by atoms with van der Waals surface area (Å²) in [6, 6.07) is 15.8. The van der Waals surface area contributed by atoms with Crippen LogP contribution in [0.15, 0.2) is 53.6 Å². The van der Waals surface area contributed by atoms with Gasteiger partial charge in [0, 0.05) is 24.5 Å². The molecule has 4 nitrogen and oxygen atoms in total. The number of aryl methyl sites for hydroxylation is 1. The highest BCUT2D eigenvalue weighted by Crippen LogP contribution is 2.37. The van der Waals surface area contributed by atoms with Crippen molar-refractivity contribution in [3.8, 4) is 5.75 Å². The van der Waals surface area contributed by atoms with Gasteiger partial charge in [0.05, 0.1) is 18.9 Å². The number of amides is 1. The van der Waals surface area contributed by atoms with Crippen molar-refractivity contribution < 1.29 is 9.53 Å². The summed E-state index contributed by atoms with van der Waals surface area (Å²) < 4.78 is 5.46. The third-order valence-corrected chi connectivity index (χ3v) is 4.19. The van der Waals surface area contributed by atoms with E-state index in [-0.39, 0.29) is 11.9 Å². The van der Waals surface area contributed by atoms with E-state index in [0.717, 1.165) is 28.2 Å². The molecule has 1 aliphatic rings. The van der Waals surface area contributed by atoms with Crippen LogP contribution in [0.4, 0.5) is 0 Å². The van der Waals surface area contributed by atoms with E-state index in [0.29, 0.717) is 6.42 Å². The van der Waals surface area contributed by atoms with Gasteiger partial charge in [-0.1, -0.05) is 42.5 Å². The molecule has 0 radical (unpaired) electrons. The van der Waals surface area contributed by atoms with E-state index in [1.807, 2.05) is 36.4 Å². The van der Waals surface area contributed by atoms with Gasteiger partial charge in [-0.3, -0.25) is 4.79 Å². The number of carbonyl (C=O) groups is 1. The first-order valence-electron chi connectivity index (χ1n) is 7.68. The Morgan fingerprint density at radius 2 is 1.87 bits per heavy atom. The first-order chi connectivity index (χ1) is 11.1. The quantitative estimate of drug-likeness (QED) is 0.867. The van der Waals surface area contributed by atoms with E-state index >= 15 is 0 Å². The summed E-state index contributed by atoms with van der Waals surface area (Å²) >= 11 is 0. The van der Waals surface area contributed by atoms with Gasteiger partial charge in [-0.2, -0.15) is 5.10 Å². The third-order valence-electron chi connectivity index (χ3n) is 4.19. The smallest absolute Gasteiger partial charge is 0.240 e.